The lowest BCUT2D eigenvalue weighted by Gasteiger charge is -2.23. The first kappa shape index (κ1) is 23.2. The monoisotopic (exact) mass is 436 g/mol. The fourth-order valence-electron chi connectivity index (χ4n) is 3.38. The third-order valence-electron chi connectivity index (χ3n) is 4.81. The van der Waals surface area contributed by atoms with Crippen molar-refractivity contribution >= 4 is 33.2 Å². The molecule has 1 atom stereocenters. The molecular formula is C22H29ClN2O3S. The third-order valence-corrected chi connectivity index (χ3v) is 6.23. The van der Waals surface area contributed by atoms with Crippen LogP contribution in [0.25, 0.3) is 0 Å². The molecule has 0 bridgehead atoms. The minimum atomic E-state index is -3.47. The van der Waals surface area contributed by atoms with Crippen molar-refractivity contribution < 1.29 is 13.2 Å². The molecule has 2 aromatic carbocycles. The van der Waals surface area contributed by atoms with E-state index in [4.69, 9.17) is 11.6 Å². The van der Waals surface area contributed by atoms with Crippen molar-refractivity contribution in [3.8, 4) is 0 Å². The maximum Gasteiger partial charge on any atom is 0.232 e. The van der Waals surface area contributed by atoms with Crippen LogP contribution in [0.2, 0.25) is 5.02 Å². The Hall–Kier alpha value is -2.05. The van der Waals surface area contributed by atoms with Crippen molar-refractivity contribution in [1.82, 2.24) is 5.32 Å². The molecule has 158 valence electrons. The number of hydrogen-bond acceptors (Lipinski definition) is 3. The van der Waals surface area contributed by atoms with E-state index in [1.165, 1.54) is 9.87 Å². The van der Waals surface area contributed by atoms with E-state index < -0.39 is 10.0 Å². The average Bonchev–Trinajstić information content (AvgIpc) is 2.62. The molecule has 0 saturated carbocycles. The van der Waals surface area contributed by atoms with Gasteiger partial charge in [0.1, 0.15) is 0 Å². The highest BCUT2D eigenvalue weighted by Crippen LogP contribution is 2.23. The lowest BCUT2D eigenvalue weighted by Crippen LogP contribution is -2.33. The number of sulfonamides is 1. The Bertz CT molecular complexity index is 960. The van der Waals surface area contributed by atoms with Crippen molar-refractivity contribution in [3.05, 3.63) is 64.2 Å². The summed E-state index contributed by atoms with van der Waals surface area (Å²) in [6, 6.07) is 12.9. The molecular weight excluding hydrogens is 408 g/mol. The van der Waals surface area contributed by atoms with Gasteiger partial charge in [0.05, 0.1) is 18.0 Å². The Morgan fingerprint density at radius 3 is 2.48 bits per heavy atom. The highest BCUT2D eigenvalue weighted by molar-refractivity contribution is 7.92. The van der Waals surface area contributed by atoms with Crippen LogP contribution in [-0.4, -0.2) is 27.1 Å². The summed E-state index contributed by atoms with van der Waals surface area (Å²) in [5, 5.41) is 3.54. The van der Waals surface area contributed by atoms with Crippen molar-refractivity contribution in [3.63, 3.8) is 0 Å². The molecule has 0 radical (unpaired) electrons. The van der Waals surface area contributed by atoms with E-state index in [1.54, 1.807) is 24.3 Å². The Kier molecular flexibility index (Phi) is 8.11. The molecule has 1 N–H and O–H groups in total. The zero-order chi connectivity index (χ0) is 21.6. The molecule has 0 saturated heterocycles. The first-order valence-corrected chi connectivity index (χ1v) is 11.9. The van der Waals surface area contributed by atoms with Gasteiger partial charge in [-0.3, -0.25) is 9.10 Å². The van der Waals surface area contributed by atoms with Crippen LogP contribution in [0.1, 0.15) is 48.9 Å². The Balaban J connectivity index is 1.99. The first-order valence-electron chi connectivity index (χ1n) is 9.71. The minimum absolute atomic E-state index is 0.0537. The molecule has 2 aromatic rings. The number of nitrogens with zero attached hydrogens (tertiary/aromatic N) is 1. The summed E-state index contributed by atoms with van der Waals surface area (Å²) in [7, 11) is -3.47. The van der Waals surface area contributed by atoms with Crippen molar-refractivity contribution in [2.45, 2.75) is 46.1 Å². The molecule has 7 heteroatoms. The van der Waals surface area contributed by atoms with Crippen LogP contribution in [0.15, 0.2) is 42.5 Å². The fourth-order valence-corrected chi connectivity index (χ4v) is 4.53. The summed E-state index contributed by atoms with van der Waals surface area (Å²) in [5.41, 5.74) is 3.96. The van der Waals surface area contributed by atoms with Gasteiger partial charge in [-0.15, -0.1) is 0 Å². The van der Waals surface area contributed by atoms with E-state index in [0.29, 0.717) is 17.1 Å². The predicted molar refractivity (Wildman–Crippen MR) is 120 cm³/mol. The fraction of sp³-hybridized carbons (Fsp3) is 0.409. The maximum absolute atomic E-state index is 12.5. The van der Waals surface area contributed by atoms with Gasteiger partial charge in [-0.25, -0.2) is 8.42 Å². The standard InChI is InChI=1S/C22H29ClN2O3S/c1-5-21(20-12-11-16(2)14-17(20)3)24-22(26)10-7-13-25(29(4,27)28)19-9-6-8-18(23)15-19/h6,8-9,11-12,14-15,21H,5,7,10,13H2,1-4H3,(H,24,26)/t21-/m1/s1. The number of anilines is 1. The van der Waals surface area contributed by atoms with Crippen molar-refractivity contribution in [2.24, 2.45) is 0 Å². The van der Waals surface area contributed by atoms with E-state index in [9.17, 15) is 13.2 Å². The van der Waals surface area contributed by atoms with Crippen molar-refractivity contribution in [2.75, 3.05) is 17.1 Å². The number of carbonyl (C=O) groups is 1. The van der Waals surface area contributed by atoms with Crippen LogP contribution in [0.4, 0.5) is 5.69 Å². The SMILES string of the molecule is CC[C@@H](NC(=O)CCCN(c1cccc(Cl)c1)S(C)(=O)=O)c1ccc(C)cc1C. The van der Waals surface area contributed by atoms with Gasteiger partial charge < -0.3 is 5.32 Å². The highest BCUT2D eigenvalue weighted by Gasteiger charge is 2.19. The number of benzene rings is 2. The number of amides is 1. The quantitative estimate of drug-likeness (QED) is 0.615. The van der Waals surface area contributed by atoms with Gasteiger partial charge >= 0.3 is 0 Å². The molecule has 0 heterocycles. The van der Waals surface area contributed by atoms with Crippen molar-refractivity contribution in [1.29, 1.82) is 0 Å². The molecule has 1 amide bonds. The third kappa shape index (κ3) is 6.75. The summed E-state index contributed by atoms with van der Waals surface area (Å²) in [4.78, 5) is 12.5. The van der Waals surface area contributed by atoms with Gasteiger partial charge in [0.15, 0.2) is 0 Å². The van der Waals surface area contributed by atoms with E-state index >= 15 is 0 Å². The number of aryl methyl sites for hydroxylation is 2. The van der Waals surface area contributed by atoms with Gasteiger partial charge in [0.25, 0.3) is 0 Å². The summed E-state index contributed by atoms with van der Waals surface area (Å²) >= 11 is 5.99. The smallest absolute Gasteiger partial charge is 0.232 e. The van der Waals surface area contributed by atoms with Crippen LogP contribution < -0.4 is 9.62 Å². The van der Waals surface area contributed by atoms with Gasteiger partial charge in [0, 0.05) is 18.0 Å². The summed E-state index contributed by atoms with van der Waals surface area (Å²) in [6.45, 7) is 6.34. The van der Waals surface area contributed by atoms with E-state index in [0.717, 1.165) is 23.8 Å². The Labute approximate surface area is 179 Å². The minimum Gasteiger partial charge on any atom is -0.349 e. The molecule has 0 fully saturated rings. The number of nitrogens with one attached hydrogen (secondary N) is 1. The second-order valence-electron chi connectivity index (χ2n) is 7.31. The largest absolute Gasteiger partial charge is 0.349 e. The molecule has 2 rings (SSSR count). The van der Waals surface area contributed by atoms with E-state index in [1.807, 2.05) is 26.8 Å². The molecule has 0 aromatic heterocycles. The van der Waals surface area contributed by atoms with Crippen LogP contribution in [0.3, 0.4) is 0 Å². The zero-order valence-electron chi connectivity index (χ0n) is 17.4. The topological polar surface area (TPSA) is 66.5 Å². The van der Waals surface area contributed by atoms with Crippen LogP contribution in [0, 0.1) is 13.8 Å². The predicted octanol–water partition coefficient (Wildman–Crippen LogP) is 4.77. The second kappa shape index (κ2) is 10.1. The average molecular weight is 437 g/mol. The molecule has 0 aliphatic rings. The van der Waals surface area contributed by atoms with Gasteiger partial charge in [-0.2, -0.15) is 0 Å². The molecule has 29 heavy (non-hydrogen) atoms. The summed E-state index contributed by atoms with van der Waals surface area (Å²) in [6.07, 6.45) is 2.59. The molecule has 0 unspecified atom stereocenters. The van der Waals surface area contributed by atoms with Crippen LogP contribution >= 0.6 is 11.6 Å². The van der Waals surface area contributed by atoms with Gasteiger partial charge in [0.2, 0.25) is 15.9 Å². The second-order valence-corrected chi connectivity index (χ2v) is 9.65. The lowest BCUT2D eigenvalue weighted by atomic mass is 9.97. The number of carbonyl (C=O) groups excluding carboxylic acids is 1. The number of halogens is 1. The van der Waals surface area contributed by atoms with Crippen LogP contribution in [-0.2, 0) is 14.8 Å². The first-order chi connectivity index (χ1) is 13.6. The number of hydrogen-bond donors (Lipinski definition) is 1. The normalized spacial score (nSPS) is 12.4. The summed E-state index contributed by atoms with van der Waals surface area (Å²) in [5.74, 6) is -0.0867. The zero-order valence-corrected chi connectivity index (χ0v) is 19.0. The van der Waals surface area contributed by atoms with Crippen LogP contribution in [0.5, 0.6) is 0 Å². The number of rotatable bonds is 9. The Morgan fingerprint density at radius 1 is 1.17 bits per heavy atom. The molecule has 0 spiro atoms. The van der Waals surface area contributed by atoms with E-state index in [2.05, 4.69) is 17.4 Å². The van der Waals surface area contributed by atoms with Gasteiger partial charge in [-0.05, 0) is 56.0 Å². The molecule has 0 aliphatic heterocycles. The maximum atomic E-state index is 12.5. The molecule has 0 aliphatic carbocycles. The van der Waals surface area contributed by atoms with Gasteiger partial charge in [-0.1, -0.05) is 48.4 Å². The lowest BCUT2D eigenvalue weighted by molar-refractivity contribution is -0.121. The van der Waals surface area contributed by atoms with E-state index in [-0.39, 0.29) is 24.9 Å². The molecule has 5 nitrogen and oxygen atoms in total. The highest BCUT2D eigenvalue weighted by atomic mass is 35.5. The Morgan fingerprint density at radius 2 is 1.90 bits per heavy atom. The summed E-state index contributed by atoms with van der Waals surface area (Å²) < 4.78 is 25.6.